The van der Waals surface area contributed by atoms with E-state index < -0.39 is 0 Å². The number of hydrogen-bond acceptors (Lipinski definition) is 4. The second-order valence-corrected chi connectivity index (χ2v) is 5.40. The summed E-state index contributed by atoms with van der Waals surface area (Å²) in [5, 5.41) is 1.10. The molecule has 4 nitrogen and oxygen atoms in total. The second kappa shape index (κ2) is 3.98. The summed E-state index contributed by atoms with van der Waals surface area (Å²) in [6.07, 6.45) is 0. The fourth-order valence-corrected chi connectivity index (χ4v) is 3.24. The predicted octanol–water partition coefficient (Wildman–Crippen LogP) is 2.42. The summed E-state index contributed by atoms with van der Waals surface area (Å²) >= 11 is 0.997. The summed E-state index contributed by atoms with van der Waals surface area (Å²) in [6, 6.07) is 14.3. The molecule has 2 aromatic carbocycles. The number of nitrogens with zero attached hydrogens (tertiary/aromatic N) is 2. The Kier molecular flexibility index (Phi) is 2.25. The molecule has 2 aromatic heterocycles. The van der Waals surface area contributed by atoms with Crippen LogP contribution in [0.15, 0.2) is 58.1 Å². The average molecular weight is 280 g/mol. The summed E-state index contributed by atoms with van der Waals surface area (Å²) in [6.45, 7) is 0. The molecule has 0 fully saturated rings. The summed E-state index contributed by atoms with van der Waals surface area (Å²) in [7, 11) is 0. The first-order valence-corrected chi connectivity index (χ1v) is 6.91. The van der Waals surface area contributed by atoms with E-state index in [-0.39, 0.29) is 10.3 Å². The van der Waals surface area contributed by atoms with Gasteiger partial charge in [0.15, 0.2) is 0 Å². The van der Waals surface area contributed by atoms with E-state index >= 15 is 0 Å². The summed E-state index contributed by atoms with van der Waals surface area (Å²) in [5.74, 6) is 0. The van der Waals surface area contributed by atoms with Crippen molar-refractivity contribution in [3.8, 4) is 0 Å². The van der Waals surface area contributed by atoms with E-state index in [0.29, 0.717) is 26.8 Å². The highest BCUT2D eigenvalue weighted by molar-refractivity contribution is 7.15. The van der Waals surface area contributed by atoms with Crippen molar-refractivity contribution in [3.63, 3.8) is 0 Å². The number of para-hydroxylation sites is 2. The predicted molar refractivity (Wildman–Crippen MR) is 80.6 cm³/mol. The van der Waals surface area contributed by atoms with E-state index in [4.69, 9.17) is 0 Å². The topological polar surface area (TPSA) is 51.4 Å². The van der Waals surface area contributed by atoms with Crippen LogP contribution in [-0.2, 0) is 0 Å². The lowest BCUT2D eigenvalue weighted by Gasteiger charge is -2.05. The zero-order valence-electron chi connectivity index (χ0n) is 10.2. The van der Waals surface area contributed by atoms with Crippen LogP contribution in [0.25, 0.3) is 26.8 Å². The van der Waals surface area contributed by atoms with Crippen LogP contribution in [0.1, 0.15) is 0 Å². The molecule has 4 rings (SSSR count). The Hall–Kier alpha value is -2.53. The third-order valence-corrected chi connectivity index (χ3v) is 4.16. The van der Waals surface area contributed by atoms with Gasteiger partial charge in [-0.1, -0.05) is 35.6 Å². The van der Waals surface area contributed by atoms with Gasteiger partial charge in [0.1, 0.15) is 0 Å². The van der Waals surface area contributed by atoms with Crippen molar-refractivity contribution in [2.45, 2.75) is 0 Å². The van der Waals surface area contributed by atoms with Gasteiger partial charge < -0.3 is 0 Å². The monoisotopic (exact) mass is 280 g/mol. The van der Waals surface area contributed by atoms with Gasteiger partial charge >= 0.3 is 0 Å². The third-order valence-electron chi connectivity index (χ3n) is 3.29. The SMILES string of the molecule is O=c1sc2nc3ccccc3c(=O)n2c2ccccc12. The number of aromatic nitrogens is 2. The maximum atomic E-state index is 12.6. The normalized spacial score (nSPS) is 11.4. The number of hydrogen-bond donors (Lipinski definition) is 0. The fraction of sp³-hybridized carbons (Fsp3) is 0. The fourth-order valence-electron chi connectivity index (χ4n) is 2.37. The van der Waals surface area contributed by atoms with Crippen LogP contribution in [0.3, 0.4) is 0 Å². The molecule has 96 valence electrons. The molecule has 0 radical (unpaired) electrons. The first-order chi connectivity index (χ1) is 9.75. The van der Waals surface area contributed by atoms with Crippen molar-refractivity contribution in [2.24, 2.45) is 0 Å². The molecule has 4 aromatic rings. The van der Waals surface area contributed by atoms with Gasteiger partial charge in [0.25, 0.3) is 5.56 Å². The van der Waals surface area contributed by atoms with Gasteiger partial charge in [-0.25, -0.2) is 4.98 Å². The van der Waals surface area contributed by atoms with Crippen LogP contribution in [0, 0.1) is 0 Å². The molecule has 20 heavy (non-hydrogen) atoms. The van der Waals surface area contributed by atoms with E-state index in [1.54, 1.807) is 30.3 Å². The lowest BCUT2D eigenvalue weighted by Crippen LogP contribution is -2.17. The van der Waals surface area contributed by atoms with Gasteiger partial charge in [-0.3, -0.25) is 14.0 Å². The van der Waals surface area contributed by atoms with Gasteiger partial charge in [-0.05, 0) is 24.3 Å². The maximum Gasteiger partial charge on any atom is 0.266 e. The van der Waals surface area contributed by atoms with Crippen LogP contribution >= 0.6 is 11.3 Å². The lowest BCUT2D eigenvalue weighted by molar-refractivity contribution is 1.15. The van der Waals surface area contributed by atoms with Crippen LogP contribution < -0.4 is 10.3 Å². The van der Waals surface area contributed by atoms with Gasteiger partial charge in [-0.15, -0.1) is 0 Å². The van der Waals surface area contributed by atoms with E-state index in [1.165, 1.54) is 4.40 Å². The first kappa shape index (κ1) is 11.3. The molecule has 0 aliphatic heterocycles. The minimum absolute atomic E-state index is 0.0808. The van der Waals surface area contributed by atoms with Crippen molar-refractivity contribution in [1.82, 2.24) is 9.38 Å². The molecule has 0 bridgehead atoms. The largest absolute Gasteiger partial charge is 0.277 e. The molecule has 0 saturated carbocycles. The smallest absolute Gasteiger partial charge is 0.266 e. The Morgan fingerprint density at radius 3 is 2.45 bits per heavy atom. The van der Waals surface area contributed by atoms with Crippen LogP contribution in [-0.4, -0.2) is 9.38 Å². The molecule has 0 spiro atoms. The zero-order chi connectivity index (χ0) is 13.7. The van der Waals surface area contributed by atoms with Crippen LogP contribution in [0.2, 0.25) is 0 Å². The van der Waals surface area contributed by atoms with Crippen molar-refractivity contribution in [2.75, 3.05) is 0 Å². The van der Waals surface area contributed by atoms with Crippen molar-refractivity contribution in [3.05, 3.63) is 68.4 Å². The number of fused-ring (bicyclic) bond motifs is 4. The van der Waals surface area contributed by atoms with Crippen LogP contribution in [0.4, 0.5) is 0 Å². The Balaban J connectivity index is 2.42. The molecule has 0 amide bonds. The third kappa shape index (κ3) is 1.44. The molecule has 0 aliphatic rings. The quantitative estimate of drug-likeness (QED) is 0.367. The average Bonchev–Trinajstić information content (AvgIpc) is 2.47. The van der Waals surface area contributed by atoms with Crippen molar-refractivity contribution < 1.29 is 0 Å². The molecule has 0 aliphatic carbocycles. The number of benzene rings is 2. The Bertz CT molecular complexity index is 1100. The highest BCUT2D eigenvalue weighted by atomic mass is 32.1. The van der Waals surface area contributed by atoms with Gasteiger partial charge in [0.2, 0.25) is 9.70 Å². The zero-order valence-corrected chi connectivity index (χ0v) is 11.1. The standard InChI is InChI=1S/C15H8N2O2S/c18-13-9-5-1-3-7-11(9)16-15-17(13)12-8-4-2-6-10(12)14(19)20-15/h1-8H. The molecule has 2 heterocycles. The molecule has 0 saturated heterocycles. The summed E-state index contributed by atoms with van der Waals surface area (Å²) in [4.78, 5) is 29.6. The Morgan fingerprint density at radius 1 is 0.900 bits per heavy atom. The minimum atomic E-state index is -0.141. The van der Waals surface area contributed by atoms with E-state index in [9.17, 15) is 9.59 Å². The molecular weight excluding hydrogens is 272 g/mol. The first-order valence-electron chi connectivity index (χ1n) is 6.09. The molecule has 5 heteroatoms. The van der Waals surface area contributed by atoms with Gasteiger partial charge in [0, 0.05) is 0 Å². The van der Waals surface area contributed by atoms with E-state index in [2.05, 4.69) is 4.98 Å². The maximum absolute atomic E-state index is 12.6. The second-order valence-electron chi connectivity index (χ2n) is 4.46. The highest BCUT2D eigenvalue weighted by Crippen LogP contribution is 2.16. The Morgan fingerprint density at radius 2 is 1.60 bits per heavy atom. The van der Waals surface area contributed by atoms with Crippen molar-refractivity contribution in [1.29, 1.82) is 0 Å². The molecule has 0 atom stereocenters. The summed E-state index contributed by atoms with van der Waals surface area (Å²) < 4.78 is 1.44. The summed E-state index contributed by atoms with van der Waals surface area (Å²) in [5.41, 5.74) is 1.08. The lowest BCUT2D eigenvalue weighted by atomic mass is 10.2. The van der Waals surface area contributed by atoms with Crippen LogP contribution in [0.5, 0.6) is 0 Å². The Labute approximate surface area is 116 Å². The highest BCUT2D eigenvalue weighted by Gasteiger charge is 2.10. The van der Waals surface area contributed by atoms with E-state index in [1.807, 2.05) is 18.2 Å². The van der Waals surface area contributed by atoms with Gasteiger partial charge in [0.05, 0.1) is 21.8 Å². The van der Waals surface area contributed by atoms with Crippen molar-refractivity contribution >= 4 is 38.1 Å². The minimum Gasteiger partial charge on any atom is -0.277 e. The molecule has 0 N–H and O–H groups in total. The molecular formula is C15H8N2O2S. The molecule has 0 unspecified atom stereocenters. The number of rotatable bonds is 0. The van der Waals surface area contributed by atoms with E-state index in [0.717, 1.165) is 11.3 Å². The van der Waals surface area contributed by atoms with Gasteiger partial charge in [-0.2, -0.15) is 0 Å².